The van der Waals surface area contributed by atoms with Crippen LogP contribution in [-0.2, 0) is 16.0 Å². The number of ketones is 1. The third-order valence-corrected chi connectivity index (χ3v) is 8.60. The number of hydrogen-bond donors (Lipinski definition) is 1. The molecule has 2 aliphatic rings. The van der Waals surface area contributed by atoms with Crippen LogP contribution < -0.4 is 14.4 Å². The van der Waals surface area contributed by atoms with Crippen LogP contribution in [0.3, 0.4) is 0 Å². The van der Waals surface area contributed by atoms with Crippen molar-refractivity contribution in [3.8, 4) is 11.5 Å². The first-order valence-electron chi connectivity index (χ1n) is 14.0. The van der Waals surface area contributed by atoms with E-state index < -0.39 is 17.7 Å². The van der Waals surface area contributed by atoms with E-state index in [-0.39, 0.29) is 17.4 Å². The van der Waals surface area contributed by atoms with Gasteiger partial charge in [0.25, 0.3) is 5.78 Å². The number of aliphatic hydroxyl groups excluding tert-OH is 1. The SMILES string of the molecule is CCCCOc1ccc([C@H]2/C(=C(\O)c3ccc4c(c3)C[C@@H](C)O4)C(=O)C(=O)N2c2nc3c(C)cc(C)cc3s2)cc1. The van der Waals surface area contributed by atoms with Crippen molar-refractivity contribution in [1.82, 2.24) is 4.98 Å². The molecule has 2 aliphatic heterocycles. The van der Waals surface area contributed by atoms with E-state index in [0.717, 1.165) is 45.5 Å². The molecule has 1 saturated heterocycles. The van der Waals surface area contributed by atoms with Crippen molar-refractivity contribution >= 4 is 44.1 Å². The zero-order valence-electron chi connectivity index (χ0n) is 23.6. The molecule has 3 aromatic carbocycles. The highest BCUT2D eigenvalue weighted by Gasteiger charge is 2.48. The van der Waals surface area contributed by atoms with Crippen LogP contribution >= 0.6 is 11.3 Å². The lowest BCUT2D eigenvalue weighted by Crippen LogP contribution is -2.29. The first-order chi connectivity index (χ1) is 19.7. The number of aromatic nitrogens is 1. The Morgan fingerprint density at radius 2 is 1.90 bits per heavy atom. The average molecular weight is 569 g/mol. The summed E-state index contributed by atoms with van der Waals surface area (Å²) >= 11 is 1.37. The zero-order chi connectivity index (χ0) is 28.8. The second-order valence-electron chi connectivity index (χ2n) is 10.8. The van der Waals surface area contributed by atoms with Crippen LogP contribution in [0.4, 0.5) is 5.13 Å². The van der Waals surface area contributed by atoms with Crippen LogP contribution in [0.2, 0.25) is 0 Å². The molecule has 0 saturated carbocycles. The van der Waals surface area contributed by atoms with E-state index in [1.165, 1.54) is 16.2 Å². The number of ether oxygens (including phenoxy) is 2. The molecule has 1 aromatic heterocycles. The van der Waals surface area contributed by atoms with Gasteiger partial charge in [0.1, 0.15) is 23.4 Å². The van der Waals surface area contributed by atoms with Gasteiger partial charge in [0.15, 0.2) is 5.13 Å². The minimum atomic E-state index is -0.856. The third kappa shape index (κ3) is 4.86. The number of aryl methyl sites for hydroxylation is 2. The van der Waals surface area contributed by atoms with E-state index in [4.69, 9.17) is 14.5 Å². The predicted octanol–water partition coefficient (Wildman–Crippen LogP) is 7.04. The van der Waals surface area contributed by atoms with E-state index in [0.29, 0.717) is 35.0 Å². The van der Waals surface area contributed by atoms with Gasteiger partial charge in [0.05, 0.1) is 28.4 Å². The Balaban J connectivity index is 1.48. The first kappa shape index (κ1) is 27.0. The van der Waals surface area contributed by atoms with E-state index in [1.807, 2.05) is 63.2 Å². The van der Waals surface area contributed by atoms with Crippen LogP contribution in [-0.4, -0.2) is 34.5 Å². The quantitative estimate of drug-likeness (QED) is 0.111. The molecule has 210 valence electrons. The van der Waals surface area contributed by atoms with E-state index in [9.17, 15) is 14.7 Å². The molecule has 3 heterocycles. The molecule has 1 N–H and O–H groups in total. The fourth-order valence-corrected chi connectivity index (χ4v) is 6.78. The summed E-state index contributed by atoms with van der Waals surface area (Å²) in [5.41, 5.74) is 5.03. The maximum Gasteiger partial charge on any atom is 0.301 e. The van der Waals surface area contributed by atoms with Gasteiger partial charge in [-0.2, -0.15) is 0 Å². The summed E-state index contributed by atoms with van der Waals surface area (Å²) < 4.78 is 12.6. The van der Waals surface area contributed by atoms with Gasteiger partial charge in [-0.25, -0.2) is 4.98 Å². The minimum absolute atomic E-state index is 0.0359. The Bertz CT molecular complexity index is 1700. The van der Waals surface area contributed by atoms with E-state index >= 15 is 0 Å². The fraction of sp³-hybridized carbons (Fsp3) is 0.303. The van der Waals surface area contributed by atoms with Crippen LogP contribution in [0.15, 0.2) is 60.2 Å². The molecule has 2 atom stereocenters. The molecule has 7 nitrogen and oxygen atoms in total. The molecular weight excluding hydrogens is 536 g/mol. The Morgan fingerprint density at radius 3 is 2.66 bits per heavy atom. The van der Waals surface area contributed by atoms with Gasteiger partial charge in [-0.15, -0.1) is 0 Å². The Labute approximate surface area is 243 Å². The van der Waals surface area contributed by atoms with Gasteiger partial charge in [-0.05, 0) is 85.8 Å². The van der Waals surface area contributed by atoms with Crippen LogP contribution in [0.1, 0.15) is 60.5 Å². The van der Waals surface area contributed by atoms with Gasteiger partial charge in [0.2, 0.25) is 0 Å². The van der Waals surface area contributed by atoms with Gasteiger partial charge < -0.3 is 14.6 Å². The lowest BCUT2D eigenvalue weighted by molar-refractivity contribution is -0.132. The number of fused-ring (bicyclic) bond motifs is 2. The number of anilines is 1. The number of carbonyl (C=O) groups is 2. The molecule has 6 rings (SSSR count). The summed E-state index contributed by atoms with van der Waals surface area (Å²) in [7, 11) is 0. The Kier molecular flexibility index (Phi) is 7.03. The minimum Gasteiger partial charge on any atom is -0.507 e. The number of Topliss-reactive ketones (excluding diaryl/α,β-unsaturated/α-hetero) is 1. The second kappa shape index (κ2) is 10.7. The van der Waals surface area contributed by atoms with Gasteiger partial charge in [0, 0.05) is 12.0 Å². The molecule has 0 radical (unpaired) electrons. The topological polar surface area (TPSA) is 89.0 Å². The van der Waals surface area contributed by atoms with Gasteiger partial charge >= 0.3 is 5.91 Å². The summed E-state index contributed by atoms with van der Waals surface area (Å²) in [6.07, 6.45) is 2.72. The zero-order valence-corrected chi connectivity index (χ0v) is 24.4. The number of nitrogens with zero attached hydrogens (tertiary/aromatic N) is 2. The average Bonchev–Trinajstić information content (AvgIpc) is 3.61. The monoisotopic (exact) mass is 568 g/mol. The summed E-state index contributed by atoms with van der Waals surface area (Å²) in [5.74, 6) is -0.197. The number of amides is 1. The molecule has 0 aliphatic carbocycles. The first-order valence-corrected chi connectivity index (χ1v) is 14.8. The van der Waals surface area contributed by atoms with E-state index in [1.54, 1.807) is 12.1 Å². The van der Waals surface area contributed by atoms with E-state index in [2.05, 4.69) is 6.92 Å². The molecular formula is C33H32N2O5S. The molecule has 0 bridgehead atoms. The highest BCUT2D eigenvalue weighted by atomic mass is 32.1. The van der Waals surface area contributed by atoms with Crippen molar-refractivity contribution in [2.24, 2.45) is 0 Å². The number of aliphatic hydroxyl groups is 1. The molecule has 0 spiro atoms. The normalized spacial score (nSPS) is 19.6. The lowest BCUT2D eigenvalue weighted by Gasteiger charge is -2.23. The van der Waals surface area contributed by atoms with Crippen LogP contribution in [0.5, 0.6) is 11.5 Å². The number of unbranched alkanes of at least 4 members (excludes halogenated alkanes) is 1. The molecule has 8 heteroatoms. The molecule has 41 heavy (non-hydrogen) atoms. The molecule has 4 aromatic rings. The summed E-state index contributed by atoms with van der Waals surface area (Å²) in [5, 5.41) is 12.0. The number of rotatable bonds is 7. The third-order valence-electron chi connectivity index (χ3n) is 7.60. The number of hydrogen-bond acceptors (Lipinski definition) is 7. The Hall–Kier alpha value is -4.17. The van der Waals surface area contributed by atoms with Crippen molar-refractivity contribution in [3.63, 3.8) is 0 Å². The van der Waals surface area contributed by atoms with Crippen molar-refractivity contribution in [2.75, 3.05) is 11.5 Å². The number of thiazole rings is 1. The standard InChI is InChI=1S/C33H32N2O5S/c1-5-6-13-39-24-10-7-21(8-11-24)29-27(30(36)22-9-12-25-23(17-22)16-20(4)40-25)31(37)32(38)35(29)33-34-28-19(3)14-18(2)15-26(28)41-33/h7-12,14-15,17,20,29,36H,5-6,13,16H2,1-4H3/b30-27+/t20-,29+/m1/s1. The highest BCUT2D eigenvalue weighted by Crippen LogP contribution is 2.45. The molecule has 0 unspecified atom stereocenters. The smallest absolute Gasteiger partial charge is 0.301 e. The summed E-state index contributed by atoms with van der Waals surface area (Å²) in [6.45, 7) is 8.71. The highest BCUT2D eigenvalue weighted by molar-refractivity contribution is 7.22. The van der Waals surface area contributed by atoms with Crippen LogP contribution in [0.25, 0.3) is 16.0 Å². The Morgan fingerprint density at radius 1 is 1.12 bits per heavy atom. The fourth-order valence-electron chi connectivity index (χ4n) is 5.61. The largest absolute Gasteiger partial charge is 0.507 e. The number of carbonyl (C=O) groups excluding carboxylic acids is 2. The summed E-state index contributed by atoms with van der Waals surface area (Å²) in [4.78, 5) is 33.6. The van der Waals surface area contributed by atoms with Crippen molar-refractivity contribution in [3.05, 3.63) is 88.0 Å². The second-order valence-corrected chi connectivity index (χ2v) is 11.8. The van der Waals surface area contributed by atoms with Crippen molar-refractivity contribution < 1.29 is 24.2 Å². The van der Waals surface area contributed by atoms with Crippen molar-refractivity contribution in [1.29, 1.82) is 0 Å². The molecule has 1 fully saturated rings. The van der Waals surface area contributed by atoms with Gasteiger partial charge in [-0.1, -0.05) is 42.9 Å². The van der Waals surface area contributed by atoms with Crippen LogP contribution in [0, 0.1) is 13.8 Å². The summed E-state index contributed by atoms with van der Waals surface area (Å²) in [6, 6.07) is 16.0. The maximum absolute atomic E-state index is 13.7. The number of benzene rings is 3. The predicted molar refractivity (Wildman–Crippen MR) is 161 cm³/mol. The van der Waals surface area contributed by atoms with Gasteiger partial charge in [-0.3, -0.25) is 14.5 Å². The van der Waals surface area contributed by atoms with Crippen molar-refractivity contribution in [2.45, 2.75) is 59.1 Å². The lowest BCUT2D eigenvalue weighted by atomic mass is 9.94. The maximum atomic E-state index is 13.7. The molecule has 1 amide bonds.